The molecule has 0 bridgehead atoms. The van der Waals surface area contributed by atoms with Gasteiger partial charge < -0.3 is 14.4 Å². The normalized spacial score (nSPS) is 13.1. The van der Waals surface area contributed by atoms with E-state index in [4.69, 9.17) is 9.47 Å². The molecule has 0 unspecified atom stereocenters. The summed E-state index contributed by atoms with van der Waals surface area (Å²) in [6.45, 7) is 3.42. The van der Waals surface area contributed by atoms with Crippen molar-refractivity contribution >= 4 is 5.91 Å². The van der Waals surface area contributed by atoms with Gasteiger partial charge in [0, 0.05) is 55.1 Å². The van der Waals surface area contributed by atoms with Gasteiger partial charge in [0.05, 0.1) is 7.11 Å². The maximum Gasteiger partial charge on any atom is 0.254 e. The van der Waals surface area contributed by atoms with Crippen LogP contribution in [-0.4, -0.2) is 39.2 Å². The Balaban J connectivity index is 1.53. The average molecular weight is 392 g/mol. The van der Waals surface area contributed by atoms with E-state index in [2.05, 4.69) is 10.1 Å². The Morgan fingerprint density at radius 3 is 2.83 bits per heavy atom. The van der Waals surface area contributed by atoms with Crippen LogP contribution in [0.5, 0.6) is 11.6 Å². The van der Waals surface area contributed by atoms with Gasteiger partial charge in [-0.3, -0.25) is 9.48 Å². The van der Waals surface area contributed by atoms with E-state index >= 15 is 0 Å². The second-order valence-corrected chi connectivity index (χ2v) is 7.11. The summed E-state index contributed by atoms with van der Waals surface area (Å²) in [6.07, 6.45) is 0.761. The number of hydrogen-bond acceptors (Lipinski definition) is 5. The Morgan fingerprint density at radius 1 is 1.21 bits per heavy atom. The van der Waals surface area contributed by atoms with E-state index < -0.39 is 0 Å². The van der Waals surface area contributed by atoms with Gasteiger partial charge in [-0.2, -0.15) is 5.10 Å². The molecule has 0 saturated carbocycles. The van der Waals surface area contributed by atoms with Crippen LogP contribution in [0.1, 0.15) is 33.0 Å². The Hall–Kier alpha value is -3.35. The zero-order chi connectivity index (χ0) is 20.4. The number of carbonyl (C=O) groups is 1. The van der Waals surface area contributed by atoms with E-state index in [1.807, 2.05) is 60.0 Å². The van der Waals surface area contributed by atoms with Gasteiger partial charge >= 0.3 is 0 Å². The maximum atomic E-state index is 13.0. The number of carbonyl (C=O) groups excluding carboxylic acids is 1. The lowest BCUT2D eigenvalue weighted by Gasteiger charge is -2.28. The third-order valence-corrected chi connectivity index (χ3v) is 5.15. The number of rotatable bonds is 5. The van der Waals surface area contributed by atoms with Crippen molar-refractivity contribution in [3.05, 3.63) is 70.7 Å². The smallest absolute Gasteiger partial charge is 0.254 e. The van der Waals surface area contributed by atoms with Gasteiger partial charge in [-0.15, -0.1) is 0 Å². The zero-order valence-corrected chi connectivity index (χ0v) is 16.9. The third kappa shape index (κ3) is 3.94. The van der Waals surface area contributed by atoms with Gasteiger partial charge in [0.25, 0.3) is 5.91 Å². The molecule has 150 valence electrons. The standard InChI is InChI=1S/C22H24N4O3/c1-15-6-4-9-21(23-15)29-14-19-18-13-26(11-10-20(18)25(2)24-19)22(27)16-7-5-8-17(12-16)28-3/h4-9,12H,10-11,13-14H2,1-3H3. The lowest BCUT2D eigenvalue weighted by atomic mass is 10.0. The fraction of sp³-hybridized carbons (Fsp3) is 0.318. The van der Waals surface area contributed by atoms with Gasteiger partial charge in [-0.25, -0.2) is 4.98 Å². The molecule has 1 amide bonds. The summed E-state index contributed by atoms with van der Waals surface area (Å²) >= 11 is 0. The predicted octanol–water partition coefficient (Wildman–Crippen LogP) is 2.91. The Kier molecular flexibility index (Phi) is 5.20. The molecule has 0 aliphatic carbocycles. The minimum atomic E-state index is -0.00868. The molecule has 1 aromatic carbocycles. The first-order chi connectivity index (χ1) is 14.0. The van der Waals surface area contributed by atoms with Crippen LogP contribution in [0, 0.1) is 6.92 Å². The van der Waals surface area contributed by atoms with Crippen molar-refractivity contribution in [2.24, 2.45) is 7.05 Å². The number of ether oxygens (including phenoxy) is 2. The molecule has 1 aliphatic heterocycles. The number of nitrogens with zero attached hydrogens (tertiary/aromatic N) is 4. The molecule has 0 spiro atoms. The lowest BCUT2D eigenvalue weighted by molar-refractivity contribution is 0.0732. The largest absolute Gasteiger partial charge is 0.497 e. The van der Waals surface area contributed by atoms with E-state index in [9.17, 15) is 4.79 Å². The molecule has 3 aromatic rings. The quantitative estimate of drug-likeness (QED) is 0.668. The average Bonchev–Trinajstić information content (AvgIpc) is 3.07. The first-order valence-electron chi connectivity index (χ1n) is 9.58. The number of benzene rings is 1. The first kappa shape index (κ1) is 19.0. The topological polar surface area (TPSA) is 69.5 Å². The zero-order valence-electron chi connectivity index (χ0n) is 16.9. The molecular weight excluding hydrogens is 368 g/mol. The minimum Gasteiger partial charge on any atom is -0.497 e. The van der Waals surface area contributed by atoms with Crippen molar-refractivity contribution in [2.75, 3.05) is 13.7 Å². The molecule has 1 aliphatic rings. The molecule has 3 heterocycles. The molecule has 0 saturated heterocycles. The van der Waals surface area contributed by atoms with Crippen LogP contribution in [-0.2, 0) is 26.6 Å². The number of aryl methyl sites for hydroxylation is 2. The van der Waals surface area contributed by atoms with Gasteiger partial charge in [0.1, 0.15) is 18.1 Å². The van der Waals surface area contributed by atoms with E-state index in [1.54, 1.807) is 13.2 Å². The summed E-state index contributed by atoms with van der Waals surface area (Å²) in [6, 6.07) is 12.9. The molecule has 2 aromatic heterocycles. The van der Waals surface area contributed by atoms with Crippen LogP contribution in [0.25, 0.3) is 0 Å². The van der Waals surface area contributed by atoms with Crippen LogP contribution in [0.2, 0.25) is 0 Å². The number of pyridine rings is 1. The highest BCUT2D eigenvalue weighted by atomic mass is 16.5. The monoisotopic (exact) mass is 392 g/mol. The highest BCUT2D eigenvalue weighted by Gasteiger charge is 2.27. The van der Waals surface area contributed by atoms with E-state index in [-0.39, 0.29) is 5.91 Å². The van der Waals surface area contributed by atoms with Crippen molar-refractivity contribution in [1.29, 1.82) is 0 Å². The lowest BCUT2D eigenvalue weighted by Crippen LogP contribution is -2.36. The molecule has 0 fully saturated rings. The highest BCUT2D eigenvalue weighted by Crippen LogP contribution is 2.25. The van der Waals surface area contributed by atoms with E-state index in [1.165, 1.54) is 0 Å². The third-order valence-electron chi connectivity index (χ3n) is 5.15. The molecular formula is C22H24N4O3. The second-order valence-electron chi connectivity index (χ2n) is 7.11. The summed E-state index contributed by atoms with van der Waals surface area (Å²) in [5.74, 6) is 1.24. The Bertz CT molecular complexity index is 1040. The molecule has 7 heteroatoms. The maximum absolute atomic E-state index is 13.0. The molecule has 0 atom stereocenters. The minimum absolute atomic E-state index is 0.00868. The second kappa shape index (κ2) is 7.95. The predicted molar refractivity (Wildman–Crippen MR) is 108 cm³/mol. The van der Waals surface area contributed by atoms with Gasteiger partial charge in [-0.1, -0.05) is 12.1 Å². The SMILES string of the molecule is COc1cccc(C(=O)N2CCc3c(c(COc4cccc(C)n4)nn3C)C2)c1. The molecule has 0 radical (unpaired) electrons. The Labute approximate surface area is 169 Å². The van der Waals surface area contributed by atoms with Crippen LogP contribution in [0.4, 0.5) is 0 Å². The van der Waals surface area contributed by atoms with Gasteiger partial charge in [-0.05, 0) is 31.2 Å². The molecule has 7 nitrogen and oxygen atoms in total. The molecule has 4 rings (SSSR count). The molecule has 29 heavy (non-hydrogen) atoms. The van der Waals surface area contributed by atoms with Crippen molar-refractivity contribution in [3.63, 3.8) is 0 Å². The fourth-order valence-corrected chi connectivity index (χ4v) is 3.64. The number of hydrogen-bond donors (Lipinski definition) is 0. The van der Waals surface area contributed by atoms with Crippen LogP contribution in [0.15, 0.2) is 42.5 Å². The van der Waals surface area contributed by atoms with E-state index in [0.29, 0.717) is 36.9 Å². The number of aromatic nitrogens is 3. The summed E-state index contributed by atoms with van der Waals surface area (Å²) in [4.78, 5) is 19.2. The summed E-state index contributed by atoms with van der Waals surface area (Å²) in [5, 5.41) is 4.63. The van der Waals surface area contributed by atoms with Crippen molar-refractivity contribution in [2.45, 2.75) is 26.5 Å². The van der Waals surface area contributed by atoms with Crippen molar-refractivity contribution in [1.82, 2.24) is 19.7 Å². The van der Waals surface area contributed by atoms with Crippen LogP contribution in [0.3, 0.4) is 0 Å². The van der Waals surface area contributed by atoms with Crippen molar-refractivity contribution in [3.8, 4) is 11.6 Å². The number of amides is 1. The Morgan fingerprint density at radius 2 is 2.03 bits per heavy atom. The number of methoxy groups -OCH3 is 1. The van der Waals surface area contributed by atoms with E-state index in [0.717, 1.165) is 29.1 Å². The van der Waals surface area contributed by atoms with Gasteiger partial charge in [0.15, 0.2) is 0 Å². The summed E-state index contributed by atoms with van der Waals surface area (Å²) in [5.41, 5.74) is 4.58. The van der Waals surface area contributed by atoms with Gasteiger partial charge in [0.2, 0.25) is 5.88 Å². The van der Waals surface area contributed by atoms with Crippen molar-refractivity contribution < 1.29 is 14.3 Å². The van der Waals surface area contributed by atoms with Crippen LogP contribution >= 0.6 is 0 Å². The fourth-order valence-electron chi connectivity index (χ4n) is 3.64. The number of fused-ring (bicyclic) bond motifs is 1. The highest BCUT2D eigenvalue weighted by molar-refractivity contribution is 5.94. The van der Waals surface area contributed by atoms with Crippen LogP contribution < -0.4 is 9.47 Å². The summed E-state index contributed by atoms with van der Waals surface area (Å²) < 4.78 is 13.0. The molecule has 0 N–H and O–H groups in total. The summed E-state index contributed by atoms with van der Waals surface area (Å²) in [7, 11) is 3.54. The first-order valence-corrected chi connectivity index (χ1v) is 9.58.